The molecular formula is C21H28N2. The largest absolute Gasteiger partial charge is 0.369 e. The predicted octanol–water partition coefficient (Wildman–Crippen LogP) is 4.22. The lowest BCUT2D eigenvalue weighted by molar-refractivity contribution is 0.252. The lowest BCUT2D eigenvalue weighted by Gasteiger charge is -2.36. The lowest BCUT2D eigenvalue weighted by Crippen LogP contribution is -2.46. The van der Waals surface area contributed by atoms with E-state index in [9.17, 15) is 0 Å². The molecule has 0 bridgehead atoms. The van der Waals surface area contributed by atoms with Crippen LogP contribution in [0.1, 0.15) is 24.8 Å². The van der Waals surface area contributed by atoms with Gasteiger partial charge < -0.3 is 4.90 Å². The molecule has 23 heavy (non-hydrogen) atoms. The molecule has 2 aromatic rings. The minimum absolute atomic E-state index is 1.16. The van der Waals surface area contributed by atoms with Crippen molar-refractivity contribution < 1.29 is 0 Å². The maximum Gasteiger partial charge on any atom is 0.0367 e. The standard InChI is InChI=1S/C21H28N2/c1-4-10-20(11-5-1)12-6-3-9-15-22-16-18-23(19-17-22)21-13-7-2-8-14-21/h1-2,4-5,7-8,10-11,13-14H,3,6,9,12,15-19H2. The van der Waals surface area contributed by atoms with E-state index in [4.69, 9.17) is 0 Å². The number of benzene rings is 2. The zero-order valence-corrected chi connectivity index (χ0v) is 14.0. The predicted molar refractivity (Wildman–Crippen MR) is 99.1 cm³/mol. The molecule has 0 unspecified atom stereocenters. The van der Waals surface area contributed by atoms with Crippen LogP contribution in [0.3, 0.4) is 0 Å². The van der Waals surface area contributed by atoms with Crippen LogP contribution in [-0.4, -0.2) is 37.6 Å². The summed E-state index contributed by atoms with van der Waals surface area (Å²) in [4.78, 5) is 5.13. The highest BCUT2D eigenvalue weighted by Crippen LogP contribution is 2.16. The lowest BCUT2D eigenvalue weighted by atomic mass is 10.1. The van der Waals surface area contributed by atoms with Crippen LogP contribution in [0.25, 0.3) is 0 Å². The van der Waals surface area contributed by atoms with Crippen molar-refractivity contribution in [3.8, 4) is 0 Å². The molecule has 2 heteroatoms. The van der Waals surface area contributed by atoms with E-state index in [1.54, 1.807) is 0 Å². The number of hydrogen-bond donors (Lipinski definition) is 0. The summed E-state index contributed by atoms with van der Waals surface area (Å²) >= 11 is 0. The number of piperazine rings is 1. The molecule has 0 spiro atoms. The van der Waals surface area contributed by atoms with Crippen LogP contribution in [0, 0.1) is 0 Å². The van der Waals surface area contributed by atoms with Gasteiger partial charge >= 0.3 is 0 Å². The van der Waals surface area contributed by atoms with Crippen molar-refractivity contribution in [2.24, 2.45) is 0 Å². The molecule has 0 N–H and O–H groups in total. The molecule has 3 rings (SSSR count). The Labute approximate surface area is 140 Å². The van der Waals surface area contributed by atoms with Gasteiger partial charge in [0, 0.05) is 31.9 Å². The highest BCUT2D eigenvalue weighted by Gasteiger charge is 2.16. The van der Waals surface area contributed by atoms with E-state index in [0.29, 0.717) is 0 Å². The van der Waals surface area contributed by atoms with E-state index in [1.165, 1.54) is 56.6 Å². The van der Waals surface area contributed by atoms with Crippen LogP contribution in [0.5, 0.6) is 0 Å². The normalized spacial score (nSPS) is 15.7. The smallest absolute Gasteiger partial charge is 0.0367 e. The van der Waals surface area contributed by atoms with Crippen molar-refractivity contribution in [2.45, 2.75) is 25.7 Å². The van der Waals surface area contributed by atoms with Crippen LogP contribution in [0.4, 0.5) is 5.69 Å². The molecule has 0 atom stereocenters. The second-order valence-corrected chi connectivity index (χ2v) is 6.46. The summed E-state index contributed by atoms with van der Waals surface area (Å²) in [5.74, 6) is 0. The number of para-hydroxylation sites is 1. The second-order valence-electron chi connectivity index (χ2n) is 6.46. The first-order chi connectivity index (χ1) is 11.4. The highest BCUT2D eigenvalue weighted by molar-refractivity contribution is 5.46. The summed E-state index contributed by atoms with van der Waals surface area (Å²) < 4.78 is 0. The van der Waals surface area contributed by atoms with Crippen molar-refractivity contribution in [1.82, 2.24) is 4.90 Å². The molecule has 2 nitrogen and oxygen atoms in total. The molecule has 1 saturated heterocycles. The van der Waals surface area contributed by atoms with E-state index < -0.39 is 0 Å². The molecule has 122 valence electrons. The monoisotopic (exact) mass is 308 g/mol. The summed E-state index contributed by atoms with van der Waals surface area (Å²) in [6.07, 6.45) is 5.21. The Kier molecular flexibility index (Phi) is 6.10. The van der Waals surface area contributed by atoms with Gasteiger partial charge in [0.1, 0.15) is 0 Å². The van der Waals surface area contributed by atoms with Gasteiger partial charge in [-0.2, -0.15) is 0 Å². The molecule has 1 aliphatic rings. The first kappa shape index (κ1) is 16.1. The van der Waals surface area contributed by atoms with Crippen LogP contribution >= 0.6 is 0 Å². The first-order valence-electron chi connectivity index (χ1n) is 8.98. The van der Waals surface area contributed by atoms with Crippen molar-refractivity contribution in [2.75, 3.05) is 37.6 Å². The van der Waals surface area contributed by atoms with E-state index in [0.717, 1.165) is 13.1 Å². The Morgan fingerprint density at radius 3 is 2.00 bits per heavy atom. The second kappa shape index (κ2) is 8.73. The third kappa shape index (κ3) is 5.11. The van der Waals surface area contributed by atoms with Gasteiger partial charge in [0.05, 0.1) is 0 Å². The molecule has 1 heterocycles. The number of rotatable bonds is 7. The summed E-state index contributed by atoms with van der Waals surface area (Å²) in [5, 5.41) is 0. The zero-order valence-electron chi connectivity index (χ0n) is 14.0. The third-order valence-corrected chi connectivity index (χ3v) is 4.78. The summed E-state index contributed by atoms with van der Waals surface area (Å²) in [7, 11) is 0. The quantitative estimate of drug-likeness (QED) is 0.707. The molecule has 0 aromatic heterocycles. The maximum absolute atomic E-state index is 2.63. The minimum Gasteiger partial charge on any atom is -0.369 e. The average molecular weight is 308 g/mol. The van der Waals surface area contributed by atoms with E-state index in [1.807, 2.05) is 0 Å². The Morgan fingerprint density at radius 2 is 1.30 bits per heavy atom. The van der Waals surface area contributed by atoms with Gasteiger partial charge in [0.2, 0.25) is 0 Å². The van der Waals surface area contributed by atoms with E-state index >= 15 is 0 Å². The number of hydrogen-bond acceptors (Lipinski definition) is 2. The van der Waals surface area contributed by atoms with Crippen LogP contribution in [-0.2, 0) is 6.42 Å². The fourth-order valence-corrected chi connectivity index (χ4v) is 3.35. The Hall–Kier alpha value is -1.80. The van der Waals surface area contributed by atoms with Crippen molar-refractivity contribution >= 4 is 5.69 Å². The summed E-state index contributed by atoms with van der Waals surface area (Å²) in [6, 6.07) is 21.7. The topological polar surface area (TPSA) is 6.48 Å². The molecular weight excluding hydrogens is 280 g/mol. The van der Waals surface area contributed by atoms with Crippen molar-refractivity contribution in [1.29, 1.82) is 0 Å². The van der Waals surface area contributed by atoms with E-state index in [-0.39, 0.29) is 0 Å². The highest BCUT2D eigenvalue weighted by atomic mass is 15.3. The maximum atomic E-state index is 2.63. The van der Waals surface area contributed by atoms with Gasteiger partial charge in [-0.15, -0.1) is 0 Å². The average Bonchev–Trinajstić information content (AvgIpc) is 2.64. The Morgan fingerprint density at radius 1 is 0.652 bits per heavy atom. The van der Waals surface area contributed by atoms with Crippen LogP contribution in [0.15, 0.2) is 60.7 Å². The number of anilines is 1. The fraction of sp³-hybridized carbons (Fsp3) is 0.429. The van der Waals surface area contributed by atoms with Gasteiger partial charge in [-0.05, 0) is 43.5 Å². The Bertz CT molecular complexity index is 545. The third-order valence-electron chi connectivity index (χ3n) is 4.78. The number of unbranched alkanes of at least 4 members (excludes halogenated alkanes) is 2. The summed E-state index contributed by atoms with van der Waals surface area (Å²) in [6.45, 7) is 5.99. The number of nitrogens with zero attached hydrogens (tertiary/aromatic N) is 2. The number of aryl methyl sites for hydroxylation is 1. The van der Waals surface area contributed by atoms with Crippen molar-refractivity contribution in [3.05, 3.63) is 66.2 Å². The summed E-state index contributed by atoms with van der Waals surface area (Å²) in [5.41, 5.74) is 2.85. The molecule has 0 amide bonds. The van der Waals surface area contributed by atoms with E-state index in [2.05, 4.69) is 70.5 Å². The molecule has 0 radical (unpaired) electrons. The Balaban J connectivity index is 1.29. The van der Waals surface area contributed by atoms with Gasteiger partial charge in [-0.1, -0.05) is 55.0 Å². The first-order valence-corrected chi connectivity index (χ1v) is 8.98. The van der Waals surface area contributed by atoms with Gasteiger partial charge in [-0.25, -0.2) is 0 Å². The molecule has 2 aromatic carbocycles. The van der Waals surface area contributed by atoms with Crippen LogP contribution < -0.4 is 4.90 Å². The molecule has 0 saturated carbocycles. The molecule has 1 aliphatic heterocycles. The zero-order chi connectivity index (χ0) is 15.7. The van der Waals surface area contributed by atoms with Crippen molar-refractivity contribution in [3.63, 3.8) is 0 Å². The van der Waals surface area contributed by atoms with Crippen LogP contribution in [0.2, 0.25) is 0 Å². The molecule has 1 fully saturated rings. The molecule has 0 aliphatic carbocycles. The SMILES string of the molecule is c1ccc(CCCCCN2CCN(c3ccccc3)CC2)cc1. The van der Waals surface area contributed by atoms with Gasteiger partial charge in [0.25, 0.3) is 0 Å². The van der Waals surface area contributed by atoms with Gasteiger partial charge in [0.15, 0.2) is 0 Å². The van der Waals surface area contributed by atoms with Gasteiger partial charge in [-0.3, -0.25) is 4.90 Å². The fourth-order valence-electron chi connectivity index (χ4n) is 3.35. The minimum atomic E-state index is 1.16.